The van der Waals surface area contributed by atoms with Gasteiger partial charge in [-0.05, 0) is 36.5 Å². The molecule has 3 amide bonds. The second-order valence-electron chi connectivity index (χ2n) is 8.89. The third-order valence-electron chi connectivity index (χ3n) is 6.92. The number of nitro benzene ring substituents is 2. The molecule has 182 valence electrons. The van der Waals surface area contributed by atoms with E-state index in [2.05, 4.69) is 0 Å². The van der Waals surface area contributed by atoms with Crippen molar-refractivity contribution in [2.45, 2.75) is 6.42 Å². The zero-order valence-corrected chi connectivity index (χ0v) is 18.6. The van der Waals surface area contributed by atoms with Gasteiger partial charge in [0.25, 0.3) is 29.1 Å². The van der Waals surface area contributed by atoms with Crippen LogP contribution in [0.1, 0.15) is 27.1 Å². The summed E-state index contributed by atoms with van der Waals surface area (Å²) >= 11 is 0. The maximum atomic E-state index is 13.5. The van der Waals surface area contributed by atoms with Crippen molar-refractivity contribution >= 4 is 34.9 Å². The van der Waals surface area contributed by atoms with E-state index in [0.717, 1.165) is 23.2 Å². The number of carbonyl (C=O) groups is 4. The van der Waals surface area contributed by atoms with Crippen LogP contribution in [0.3, 0.4) is 0 Å². The molecular weight excluding hydrogens is 472 g/mol. The van der Waals surface area contributed by atoms with E-state index >= 15 is 0 Å². The predicted molar refractivity (Wildman–Crippen MR) is 121 cm³/mol. The molecular formula is C24H18N4O8. The van der Waals surface area contributed by atoms with Crippen LogP contribution in [0.15, 0.2) is 60.7 Å². The first-order chi connectivity index (χ1) is 17.2. The van der Waals surface area contributed by atoms with E-state index in [-0.39, 0.29) is 34.3 Å². The van der Waals surface area contributed by atoms with Crippen LogP contribution in [-0.2, 0) is 9.59 Å². The van der Waals surface area contributed by atoms with Crippen molar-refractivity contribution in [1.82, 2.24) is 10.0 Å². The van der Waals surface area contributed by atoms with Crippen LogP contribution in [0.2, 0.25) is 0 Å². The Morgan fingerprint density at radius 2 is 1.44 bits per heavy atom. The molecule has 5 rings (SSSR count). The average Bonchev–Trinajstić information content (AvgIpc) is 3.56. The Kier molecular flexibility index (Phi) is 5.43. The Bertz CT molecular complexity index is 1340. The molecule has 12 heteroatoms. The lowest BCUT2D eigenvalue weighted by molar-refractivity contribution is -0.385. The van der Waals surface area contributed by atoms with E-state index in [4.69, 9.17) is 0 Å². The first kappa shape index (κ1) is 23.0. The maximum Gasteiger partial charge on any atom is 0.273 e. The number of amides is 3. The molecule has 1 aliphatic heterocycles. The molecule has 1 saturated carbocycles. The molecule has 36 heavy (non-hydrogen) atoms. The normalized spacial score (nSPS) is 23.6. The van der Waals surface area contributed by atoms with Gasteiger partial charge in [0.15, 0.2) is 5.78 Å². The lowest BCUT2D eigenvalue weighted by Gasteiger charge is -2.30. The highest BCUT2D eigenvalue weighted by Crippen LogP contribution is 2.52. The van der Waals surface area contributed by atoms with Crippen LogP contribution >= 0.6 is 0 Å². The summed E-state index contributed by atoms with van der Waals surface area (Å²) in [5, 5.41) is 23.6. The van der Waals surface area contributed by atoms with Gasteiger partial charge >= 0.3 is 0 Å². The molecule has 2 fully saturated rings. The number of Topliss-reactive ketones (excluding diaryl/α,β-unsaturated/α-hetero) is 1. The van der Waals surface area contributed by atoms with Crippen LogP contribution in [0.25, 0.3) is 0 Å². The van der Waals surface area contributed by atoms with E-state index in [1.165, 1.54) is 30.3 Å². The van der Waals surface area contributed by atoms with Crippen molar-refractivity contribution in [3.63, 3.8) is 0 Å². The fourth-order valence-electron chi connectivity index (χ4n) is 5.26. The van der Waals surface area contributed by atoms with Crippen LogP contribution < -0.4 is 0 Å². The van der Waals surface area contributed by atoms with Crippen molar-refractivity contribution in [2.24, 2.45) is 23.7 Å². The number of rotatable bonds is 7. The summed E-state index contributed by atoms with van der Waals surface area (Å²) in [7, 11) is 0. The SMILES string of the molecule is O=C(CN(C(=O)c1cccc([N+](=O)[O-])c1)N1C(=O)[C@@H]2[C@H](C1=O)[C@H]1C=C[C@H]2C1)c1ccc([N+](=O)[O-])cc1. The van der Waals surface area contributed by atoms with Crippen molar-refractivity contribution in [3.8, 4) is 0 Å². The minimum Gasteiger partial charge on any atom is -0.292 e. The number of nitrogens with zero attached hydrogens (tertiary/aromatic N) is 4. The number of nitro groups is 2. The zero-order valence-electron chi connectivity index (χ0n) is 18.6. The van der Waals surface area contributed by atoms with E-state index in [9.17, 15) is 39.4 Å². The lowest BCUT2D eigenvalue weighted by atomic mass is 9.85. The van der Waals surface area contributed by atoms with Crippen molar-refractivity contribution in [1.29, 1.82) is 0 Å². The van der Waals surface area contributed by atoms with Gasteiger partial charge in [-0.15, -0.1) is 0 Å². The van der Waals surface area contributed by atoms with Crippen molar-refractivity contribution in [3.05, 3.63) is 92.0 Å². The number of benzene rings is 2. The van der Waals surface area contributed by atoms with Gasteiger partial charge in [0.05, 0.1) is 21.7 Å². The Labute approximate surface area is 203 Å². The van der Waals surface area contributed by atoms with Crippen LogP contribution in [0, 0.1) is 43.9 Å². The topological polar surface area (TPSA) is 161 Å². The minimum absolute atomic E-state index is 0.0264. The van der Waals surface area contributed by atoms with Crippen molar-refractivity contribution < 1.29 is 29.0 Å². The first-order valence-corrected chi connectivity index (χ1v) is 11.1. The van der Waals surface area contributed by atoms with Gasteiger partial charge in [-0.2, -0.15) is 5.01 Å². The van der Waals surface area contributed by atoms with Gasteiger partial charge in [0.2, 0.25) is 0 Å². The van der Waals surface area contributed by atoms with Gasteiger partial charge < -0.3 is 0 Å². The Balaban J connectivity index is 1.50. The molecule has 0 N–H and O–H groups in total. The predicted octanol–water partition coefficient (Wildman–Crippen LogP) is 2.55. The summed E-state index contributed by atoms with van der Waals surface area (Å²) < 4.78 is 0. The Hall–Kier alpha value is -4.74. The summed E-state index contributed by atoms with van der Waals surface area (Å²) in [5.74, 6) is -4.36. The lowest BCUT2D eigenvalue weighted by Crippen LogP contribution is -2.52. The molecule has 1 saturated heterocycles. The monoisotopic (exact) mass is 490 g/mol. The second kappa shape index (κ2) is 8.48. The molecule has 12 nitrogen and oxygen atoms in total. The third-order valence-corrected chi connectivity index (χ3v) is 6.92. The van der Waals surface area contributed by atoms with Crippen LogP contribution in [0.4, 0.5) is 11.4 Å². The van der Waals surface area contributed by atoms with E-state index in [0.29, 0.717) is 11.4 Å². The summed E-state index contributed by atoms with van der Waals surface area (Å²) in [5.41, 5.74) is -0.768. The molecule has 0 aromatic heterocycles. The smallest absolute Gasteiger partial charge is 0.273 e. The highest BCUT2D eigenvalue weighted by molar-refractivity contribution is 6.10. The number of allylic oxidation sites excluding steroid dienone is 2. The summed E-state index contributed by atoms with van der Waals surface area (Å²) in [6.07, 6.45) is 4.44. The number of hydrazine groups is 1. The summed E-state index contributed by atoms with van der Waals surface area (Å²) in [4.78, 5) is 74.1. The molecule has 2 bridgehead atoms. The number of non-ortho nitro benzene ring substituents is 2. The largest absolute Gasteiger partial charge is 0.292 e. The molecule has 2 aliphatic carbocycles. The quantitative estimate of drug-likeness (QED) is 0.188. The molecule has 0 radical (unpaired) electrons. The third kappa shape index (κ3) is 3.63. The second-order valence-corrected chi connectivity index (χ2v) is 8.89. The number of imide groups is 1. The van der Waals surface area contributed by atoms with Gasteiger partial charge in [0, 0.05) is 35.4 Å². The fourth-order valence-corrected chi connectivity index (χ4v) is 5.26. The van der Waals surface area contributed by atoms with Crippen LogP contribution in [-0.4, -0.2) is 49.9 Å². The first-order valence-electron chi connectivity index (χ1n) is 11.1. The molecule has 2 aromatic carbocycles. The fraction of sp³-hybridized carbons (Fsp3) is 0.250. The number of carbonyl (C=O) groups excluding carboxylic acids is 4. The molecule has 1 heterocycles. The Morgan fingerprint density at radius 1 is 0.861 bits per heavy atom. The standard InChI is InChI=1S/C24H18N4O8/c29-19(13-6-8-17(9-7-13)27(33)34)12-25(22(30)16-2-1-3-18(11-16)28(35)36)26-23(31)20-14-4-5-15(10-14)21(20)24(26)32/h1-9,11,14-15,20-21H,10,12H2/t14-,15-,20-,21+/m0/s1. The summed E-state index contributed by atoms with van der Waals surface area (Å²) in [6, 6.07) is 9.43. The van der Waals surface area contributed by atoms with E-state index in [1.807, 2.05) is 12.2 Å². The number of hydrogen-bond donors (Lipinski definition) is 0. The Morgan fingerprint density at radius 3 is 2.00 bits per heavy atom. The zero-order chi connectivity index (χ0) is 25.7. The van der Waals surface area contributed by atoms with Gasteiger partial charge in [-0.1, -0.05) is 18.2 Å². The van der Waals surface area contributed by atoms with Gasteiger partial charge in [-0.3, -0.25) is 39.4 Å². The highest BCUT2D eigenvalue weighted by Gasteiger charge is 2.61. The summed E-state index contributed by atoms with van der Waals surface area (Å²) in [6.45, 7) is -0.723. The highest BCUT2D eigenvalue weighted by atomic mass is 16.6. The molecule has 3 aliphatic rings. The number of hydrogen-bond acceptors (Lipinski definition) is 8. The molecule has 0 spiro atoms. The molecule has 2 aromatic rings. The number of fused-ring (bicyclic) bond motifs is 5. The average molecular weight is 490 g/mol. The number of ketones is 1. The van der Waals surface area contributed by atoms with E-state index < -0.39 is 51.7 Å². The van der Waals surface area contributed by atoms with E-state index in [1.54, 1.807) is 0 Å². The minimum atomic E-state index is -0.934. The van der Waals surface area contributed by atoms with Crippen molar-refractivity contribution in [2.75, 3.05) is 6.54 Å². The van der Waals surface area contributed by atoms with Crippen LogP contribution in [0.5, 0.6) is 0 Å². The van der Waals surface area contributed by atoms with Gasteiger partial charge in [-0.25, -0.2) is 5.01 Å². The van der Waals surface area contributed by atoms with Gasteiger partial charge in [0.1, 0.15) is 6.54 Å². The maximum absolute atomic E-state index is 13.5. The molecule has 0 unspecified atom stereocenters. The molecule has 4 atom stereocenters.